The van der Waals surface area contributed by atoms with E-state index in [-0.39, 0.29) is 0 Å². The summed E-state index contributed by atoms with van der Waals surface area (Å²) in [6.07, 6.45) is 0. The summed E-state index contributed by atoms with van der Waals surface area (Å²) < 4.78 is 0. The minimum atomic E-state index is -1.35. The van der Waals surface area contributed by atoms with Gasteiger partial charge in [-0.25, -0.2) is 10.1 Å². The molecule has 1 aromatic heterocycles. The van der Waals surface area contributed by atoms with Crippen molar-refractivity contribution < 1.29 is 35.3 Å². The van der Waals surface area contributed by atoms with Crippen LogP contribution in [0.15, 0.2) is 0 Å². The maximum atomic E-state index is 10.7. The Bertz CT molecular complexity index is 330. The summed E-state index contributed by atoms with van der Waals surface area (Å²) in [5.74, 6) is -2.01. The number of thiophene rings is 1. The molecule has 0 amide bonds. The molecule has 0 fully saturated rings. The molecule has 1 heterocycles. The van der Waals surface area contributed by atoms with Gasteiger partial charge in [-0.1, -0.05) is 11.3 Å². The quantitative estimate of drug-likeness (QED) is 0.416. The predicted octanol–water partition coefficient (Wildman–Crippen LogP) is 0.641. The van der Waals surface area contributed by atoms with Gasteiger partial charge < -0.3 is 15.1 Å². The molecule has 0 spiro atoms. The van der Waals surface area contributed by atoms with Crippen molar-refractivity contribution in [2.24, 2.45) is 0 Å². The highest BCUT2D eigenvalue weighted by Gasteiger charge is 2.27. The van der Waals surface area contributed by atoms with Crippen LogP contribution in [0.3, 0.4) is 0 Å². The molecule has 0 bridgehead atoms. The van der Waals surface area contributed by atoms with Gasteiger partial charge in [0.1, 0.15) is 0 Å². The van der Waals surface area contributed by atoms with E-state index in [0.717, 1.165) is 0 Å². The molecule has 8 heteroatoms. The monoisotopic (exact) mass is 208 g/mol. The number of hydrogen-bond acceptors (Lipinski definition) is 8. The van der Waals surface area contributed by atoms with Crippen LogP contribution in [0, 0.1) is 0 Å². The van der Waals surface area contributed by atoms with Crippen LogP contribution in [0.5, 0.6) is 15.9 Å². The van der Waals surface area contributed by atoms with Crippen molar-refractivity contribution in [1.29, 1.82) is 0 Å². The van der Waals surface area contributed by atoms with Gasteiger partial charge in [0.25, 0.3) is 0 Å². The first-order valence-electron chi connectivity index (χ1n) is 2.83. The number of carbonyl (C=O) groups excluding carboxylic acids is 1. The summed E-state index contributed by atoms with van der Waals surface area (Å²) in [4.78, 5) is 17.6. The summed E-state index contributed by atoms with van der Waals surface area (Å²) in [5, 5.41) is 32.9. The smallest absolute Gasteiger partial charge is 0.381 e. The standard InChI is InChI=1S/C5H4O7S/c6-3(12-10)1-2(11-9)5(8)13-4(1)7/h7-10H. The molecule has 7 nitrogen and oxygen atoms in total. The molecule has 0 aliphatic rings. The Labute approximate surface area is 74.9 Å². The largest absolute Gasteiger partial charge is 0.499 e. The first-order valence-corrected chi connectivity index (χ1v) is 3.65. The lowest BCUT2D eigenvalue weighted by atomic mass is 10.3. The van der Waals surface area contributed by atoms with Crippen molar-refractivity contribution in [3.8, 4) is 15.9 Å². The molecular formula is C5H4O7S. The Kier molecular flexibility index (Phi) is 2.56. The van der Waals surface area contributed by atoms with E-state index in [1.165, 1.54) is 0 Å². The lowest BCUT2D eigenvalue weighted by molar-refractivity contribution is -0.184. The van der Waals surface area contributed by atoms with Crippen molar-refractivity contribution >= 4 is 17.3 Å². The molecule has 0 radical (unpaired) electrons. The maximum absolute atomic E-state index is 10.7. The fourth-order valence-corrected chi connectivity index (χ4v) is 1.40. The van der Waals surface area contributed by atoms with E-state index in [1.807, 2.05) is 0 Å². The van der Waals surface area contributed by atoms with Crippen molar-refractivity contribution in [1.82, 2.24) is 0 Å². The summed E-state index contributed by atoms with van der Waals surface area (Å²) in [6, 6.07) is 0. The van der Waals surface area contributed by atoms with E-state index in [4.69, 9.17) is 20.7 Å². The Morgan fingerprint density at radius 3 is 2.31 bits per heavy atom. The molecule has 0 aliphatic carbocycles. The fraction of sp³-hybridized carbons (Fsp3) is 0. The van der Waals surface area contributed by atoms with Crippen LogP contribution in [0.1, 0.15) is 10.4 Å². The Morgan fingerprint density at radius 1 is 1.23 bits per heavy atom. The van der Waals surface area contributed by atoms with Gasteiger partial charge >= 0.3 is 5.97 Å². The van der Waals surface area contributed by atoms with Gasteiger partial charge in [-0.2, -0.15) is 5.26 Å². The van der Waals surface area contributed by atoms with Crippen LogP contribution in [-0.4, -0.2) is 26.7 Å². The predicted molar refractivity (Wildman–Crippen MR) is 38.9 cm³/mol. The highest BCUT2D eigenvalue weighted by Crippen LogP contribution is 2.45. The Balaban J connectivity index is 3.24. The average Bonchev–Trinajstić information content (AvgIpc) is 2.39. The van der Waals surface area contributed by atoms with E-state index in [0.29, 0.717) is 11.3 Å². The van der Waals surface area contributed by atoms with Gasteiger partial charge in [0, 0.05) is 0 Å². The molecule has 0 aromatic carbocycles. The van der Waals surface area contributed by atoms with Gasteiger partial charge in [-0.15, -0.1) is 0 Å². The minimum Gasteiger partial charge on any atom is -0.499 e. The third-order valence-electron chi connectivity index (χ3n) is 1.21. The zero-order chi connectivity index (χ0) is 10.0. The minimum absolute atomic E-state index is 0.378. The third kappa shape index (κ3) is 1.49. The molecule has 0 aliphatic heterocycles. The zero-order valence-electron chi connectivity index (χ0n) is 5.92. The van der Waals surface area contributed by atoms with E-state index in [1.54, 1.807) is 0 Å². The highest BCUT2D eigenvalue weighted by molar-refractivity contribution is 7.16. The first kappa shape index (κ1) is 9.58. The lowest BCUT2D eigenvalue weighted by Crippen LogP contribution is -2.02. The Hall–Kier alpha value is -1.51. The van der Waals surface area contributed by atoms with E-state index < -0.39 is 27.4 Å². The van der Waals surface area contributed by atoms with Crippen LogP contribution < -0.4 is 4.89 Å². The van der Waals surface area contributed by atoms with Crippen LogP contribution in [0.4, 0.5) is 0 Å². The van der Waals surface area contributed by atoms with Crippen LogP contribution in [-0.2, 0) is 4.89 Å². The summed E-state index contributed by atoms with van der Waals surface area (Å²) in [6.45, 7) is 0. The van der Waals surface area contributed by atoms with Gasteiger partial charge in [-0.3, -0.25) is 4.89 Å². The molecule has 4 N–H and O–H groups in total. The topological polar surface area (TPSA) is 116 Å². The van der Waals surface area contributed by atoms with Gasteiger partial charge in [-0.05, 0) is 0 Å². The molecule has 0 atom stereocenters. The van der Waals surface area contributed by atoms with Crippen LogP contribution in [0.25, 0.3) is 0 Å². The van der Waals surface area contributed by atoms with E-state index in [9.17, 15) is 4.79 Å². The van der Waals surface area contributed by atoms with Gasteiger partial charge in [0.15, 0.2) is 10.6 Å². The van der Waals surface area contributed by atoms with Crippen LogP contribution in [0.2, 0.25) is 0 Å². The molecular weight excluding hydrogens is 204 g/mol. The van der Waals surface area contributed by atoms with Crippen molar-refractivity contribution in [2.75, 3.05) is 0 Å². The summed E-state index contributed by atoms with van der Waals surface area (Å²) in [7, 11) is 0. The highest BCUT2D eigenvalue weighted by atomic mass is 32.1. The molecule has 0 saturated carbocycles. The zero-order valence-corrected chi connectivity index (χ0v) is 6.74. The van der Waals surface area contributed by atoms with Crippen LogP contribution >= 0.6 is 11.3 Å². The third-order valence-corrected chi connectivity index (χ3v) is 1.98. The van der Waals surface area contributed by atoms with Crippen molar-refractivity contribution in [3.05, 3.63) is 5.56 Å². The summed E-state index contributed by atoms with van der Waals surface area (Å²) >= 11 is 0.378. The lowest BCUT2D eigenvalue weighted by Gasteiger charge is -1.96. The molecule has 0 saturated heterocycles. The molecule has 1 rings (SSSR count). The second-order valence-corrected chi connectivity index (χ2v) is 2.86. The maximum Gasteiger partial charge on any atom is 0.381 e. The molecule has 1 aromatic rings. The number of aromatic hydroxyl groups is 2. The van der Waals surface area contributed by atoms with Crippen molar-refractivity contribution in [2.45, 2.75) is 0 Å². The fourth-order valence-electron chi connectivity index (χ4n) is 0.703. The second kappa shape index (κ2) is 3.47. The van der Waals surface area contributed by atoms with Gasteiger partial charge in [0.05, 0.1) is 0 Å². The number of rotatable bonds is 2. The molecule has 72 valence electrons. The number of hydrogen-bond donors (Lipinski definition) is 4. The molecule has 13 heavy (non-hydrogen) atoms. The van der Waals surface area contributed by atoms with E-state index >= 15 is 0 Å². The number of carbonyl (C=O) groups is 1. The normalized spacial score (nSPS) is 9.69. The van der Waals surface area contributed by atoms with Crippen molar-refractivity contribution in [3.63, 3.8) is 0 Å². The molecule has 0 unspecified atom stereocenters. The van der Waals surface area contributed by atoms with Gasteiger partial charge in [0.2, 0.25) is 10.8 Å². The SMILES string of the molecule is O=C(OO)c1c(O)sc(O)c1OO. The Morgan fingerprint density at radius 2 is 1.85 bits per heavy atom. The summed E-state index contributed by atoms with van der Waals surface area (Å²) in [5.41, 5.74) is -0.646. The average molecular weight is 208 g/mol. The first-order chi connectivity index (χ1) is 6.11. The van der Waals surface area contributed by atoms with E-state index in [2.05, 4.69) is 9.78 Å². The second-order valence-electron chi connectivity index (χ2n) is 1.89.